The molecule has 8 nitrogen and oxygen atoms in total. The summed E-state index contributed by atoms with van der Waals surface area (Å²) in [7, 11) is 1.26. The third-order valence-corrected chi connectivity index (χ3v) is 10.9. The fourth-order valence-corrected chi connectivity index (χ4v) is 7.03. The van der Waals surface area contributed by atoms with Crippen molar-refractivity contribution in [1.82, 2.24) is 5.32 Å². The van der Waals surface area contributed by atoms with Crippen LogP contribution in [0.5, 0.6) is 0 Å². The van der Waals surface area contributed by atoms with Crippen molar-refractivity contribution in [3.05, 3.63) is 24.3 Å². The number of aliphatic hydroxyl groups excluding tert-OH is 1. The summed E-state index contributed by atoms with van der Waals surface area (Å²) in [4.78, 5) is 25.2. The first kappa shape index (κ1) is 52.0. The molecule has 0 radical (unpaired) electrons. The molecule has 0 fully saturated rings. The van der Waals surface area contributed by atoms with Gasteiger partial charge in [0, 0.05) is 6.42 Å². The summed E-state index contributed by atoms with van der Waals surface area (Å²) in [5.41, 5.74) is 0. The molecule has 1 amide bonds. The Morgan fingerprint density at radius 3 is 1.53 bits per heavy atom. The molecule has 0 spiro atoms. The van der Waals surface area contributed by atoms with Crippen LogP contribution in [0.15, 0.2) is 24.3 Å². The first-order valence-corrected chi connectivity index (χ1v) is 23.7. The Balaban J connectivity index is 4.36. The number of phosphoric ester groups is 1. The molecule has 2 N–H and O–H groups in total. The highest BCUT2D eigenvalue weighted by Gasteiger charge is 2.23. The average Bonchev–Trinajstić information content (AvgIpc) is 3.10. The Bertz CT molecular complexity index is 922. The Morgan fingerprint density at radius 1 is 0.642 bits per heavy atom. The predicted octanol–water partition coefficient (Wildman–Crippen LogP) is 11.5. The van der Waals surface area contributed by atoms with Gasteiger partial charge in [-0.05, 0) is 38.5 Å². The molecule has 53 heavy (non-hydrogen) atoms. The van der Waals surface area contributed by atoms with Gasteiger partial charge < -0.3 is 28.8 Å². The molecule has 9 heteroatoms. The number of nitrogens with one attached hydrogen (secondary N) is 1. The second kappa shape index (κ2) is 36.6. The number of hydrogen-bond acceptors (Lipinski definition) is 6. The van der Waals surface area contributed by atoms with Gasteiger partial charge in [0.15, 0.2) is 0 Å². The standard InChI is InChI=1S/C44H87N2O6P/c1-6-8-10-12-14-16-18-19-20-21-22-23-24-25-26-28-29-31-33-35-37-43(47)42(41-52-53(49,50)51-40-39-46(3,4)5)45-44(48)38-36-34-32-30-27-17-15-13-11-9-7-2/h13,15,35,37,42-43,47H,6-12,14,16-34,36,38-41H2,1-5H3,(H-,45,48,49,50)/b15-13-,37-35+. The maximum atomic E-state index is 12.8. The van der Waals surface area contributed by atoms with Crippen molar-refractivity contribution in [3.63, 3.8) is 0 Å². The third kappa shape index (κ3) is 39.0. The minimum Gasteiger partial charge on any atom is -0.756 e. The molecule has 0 aliphatic carbocycles. The summed E-state index contributed by atoms with van der Waals surface area (Å²) in [6.07, 6.45) is 42.3. The maximum absolute atomic E-state index is 12.8. The molecule has 3 atom stereocenters. The minimum absolute atomic E-state index is 0.00168. The highest BCUT2D eigenvalue weighted by molar-refractivity contribution is 7.45. The zero-order valence-electron chi connectivity index (χ0n) is 35.5. The lowest BCUT2D eigenvalue weighted by molar-refractivity contribution is -0.870. The molecule has 0 saturated carbocycles. The van der Waals surface area contributed by atoms with E-state index in [0.717, 1.165) is 57.8 Å². The van der Waals surface area contributed by atoms with Gasteiger partial charge in [0.05, 0.1) is 39.9 Å². The van der Waals surface area contributed by atoms with E-state index in [1.807, 2.05) is 27.2 Å². The lowest BCUT2D eigenvalue weighted by Gasteiger charge is -2.29. The van der Waals surface area contributed by atoms with Crippen LogP contribution in [0.25, 0.3) is 0 Å². The zero-order chi connectivity index (χ0) is 39.3. The zero-order valence-corrected chi connectivity index (χ0v) is 36.4. The lowest BCUT2D eigenvalue weighted by Crippen LogP contribution is -2.45. The molecular formula is C44H87N2O6P. The fraction of sp³-hybridized carbons (Fsp3) is 0.886. The number of nitrogens with zero attached hydrogens (tertiary/aromatic N) is 1. The van der Waals surface area contributed by atoms with Gasteiger partial charge in [-0.1, -0.05) is 179 Å². The number of likely N-dealkylation sites (N-methyl/N-ethyl adjacent to an activating group) is 1. The molecule has 0 aromatic heterocycles. The first-order chi connectivity index (χ1) is 25.5. The summed E-state index contributed by atoms with van der Waals surface area (Å²) in [6.45, 7) is 4.60. The van der Waals surface area contributed by atoms with E-state index in [9.17, 15) is 19.4 Å². The van der Waals surface area contributed by atoms with Gasteiger partial charge >= 0.3 is 0 Å². The van der Waals surface area contributed by atoms with Gasteiger partial charge in [-0.15, -0.1) is 0 Å². The van der Waals surface area contributed by atoms with Crippen molar-refractivity contribution in [2.24, 2.45) is 0 Å². The molecule has 0 heterocycles. The summed E-state index contributed by atoms with van der Waals surface area (Å²) < 4.78 is 23.2. The Kier molecular flexibility index (Phi) is 35.9. The molecule has 3 unspecified atom stereocenters. The van der Waals surface area contributed by atoms with Gasteiger partial charge in [0.25, 0.3) is 7.82 Å². The number of carbonyl (C=O) groups excluding carboxylic acids is 1. The number of quaternary nitrogens is 1. The summed E-state index contributed by atoms with van der Waals surface area (Å²) in [5, 5.41) is 13.8. The molecule has 0 aromatic carbocycles. The first-order valence-electron chi connectivity index (χ1n) is 22.2. The van der Waals surface area contributed by atoms with Gasteiger partial charge in [-0.2, -0.15) is 0 Å². The normalized spacial score (nSPS) is 14.6. The van der Waals surface area contributed by atoms with Crippen LogP contribution < -0.4 is 10.2 Å². The number of amides is 1. The van der Waals surface area contributed by atoms with E-state index in [2.05, 4.69) is 31.3 Å². The number of allylic oxidation sites excluding steroid dienone is 3. The summed E-state index contributed by atoms with van der Waals surface area (Å²) in [6, 6.07) is -0.886. The monoisotopic (exact) mass is 771 g/mol. The van der Waals surface area contributed by atoms with Gasteiger partial charge in [0.2, 0.25) is 5.91 Å². The van der Waals surface area contributed by atoms with Crippen LogP contribution in [-0.2, 0) is 18.4 Å². The Morgan fingerprint density at radius 2 is 1.06 bits per heavy atom. The highest BCUT2D eigenvalue weighted by atomic mass is 31.2. The van der Waals surface area contributed by atoms with E-state index in [4.69, 9.17) is 9.05 Å². The van der Waals surface area contributed by atoms with Crippen LogP contribution in [0, 0.1) is 0 Å². The number of hydrogen-bond donors (Lipinski definition) is 2. The topological polar surface area (TPSA) is 108 Å². The van der Waals surface area contributed by atoms with E-state index < -0.39 is 20.0 Å². The van der Waals surface area contributed by atoms with Gasteiger partial charge in [-0.3, -0.25) is 9.36 Å². The number of phosphoric acid groups is 1. The van der Waals surface area contributed by atoms with Crippen molar-refractivity contribution in [2.45, 2.75) is 212 Å². The highest BCUT2D eigenvalue weighted by Crippen LogP contribution is 2.38. The van der Waals surface area contributed by atoms with Crippen LogP contribution >= 0.6 is 7.82 Å². The third-order valence-electron chi connectivity index (χ3n) is 9.91. The molecular weight excluding hydrogens is 683 g/mol. The molecule has 314 valence electrons. The molecule has 0 aromatic rings. The Hall–Kier alpha value is -1.02. The smallest absolute Gasteiger partial charge is 0.268 e. The van der Waals surface area contributed by atoms with Crippen molar-refractivity contribution in [3.8, 4) is 0 Å². The molecule has 0 aliphatic heterocycles. The van der Waals surface area contributed by atoms with Crippen molar-refractivity contribution in [1.29, 1.82) is 0 Å². The quantitative estimate of drug-likeness (QED) is 0.0278. The number of carbonyl (C=O) groups is 1. The second-order valence-corrected chi connectivity index (χ2v) is 17.8. The maximum Gasteiger partial charge on any atom is 0.268 e. The minimum atomic E-state index is -4.58. The van der Waals surface area contributed by atoms with E-state index in [1.54, 1.807) is 6.08 Å². The van der Waals surface area contributed by atoms with Gasteiger partial charge in [0.1, 0.15) is 13.2 Å². The Labute approximate surface area is 328 Å². The van der Waals surface area contributed by atoms with E-state index in [1.165, 1.54) is 122 Å². The van der Waals surface area contributed by atoms with Crippen LogP contribution in [0.2, 0.25) is 0 Å². The van der Waals surface area contributed by atoms with Crippen LogP contribution in [-0.4, -0.2) is 68.5 Å². The fourth-order valence-electron chi connectivity index (χ4n) is 6.31. The van der Waals surface area contributed by atoms with E-state index in [0.29, 0.717) is 17.4 Å². The van der Waals surface area contributed by atoms with E-state index in [-0.39, 0.29) is 19.1 Å². The second-order valence-electron chi connectivity index (χ2n) is 16.4. The summed E-state index contributed by atoms with van der Waals surface area (Å²) in [5.74, 6) is -0.208. The molecule has 0 saturated heterocycles. The van der Waals surface area contributed by atoms with Crippen LogP contribution in [0.3, 0.4) is 0 Å². The predicted molar refractivity (Wildman–Crippen MR) is 224 cm³/mol. The van der Waals surface area contributed by atoms with Crippen molar-refractivity contribution in [2.75, 3.05) is 40.9 Å². The van der Waals surface area contributed by atoms with Crippen molar-refractivity contribution < 1.29 is 32.9 Å². The SMILES string of the molecule is CCCC/C=C\CCCCCCCC(=O)NC(COP(=O)([O-])OCC[N+](C)(C)C)C(O)/C=C/CCCCCCCCCCCCCCCCCCCC. The van der Waals surface area contributed by atoms with Gasteiger partial charge in [-0.25, -0.2) is 0 Å². The number of aliphatic hydroxyl groups is 1. The summed E-state index contributed by atoms with van der Waals surface area (Å²) >= 11 is 0. The average molecular weight is 771 g/mol. The number of unbranched alkanes of at least 4 members (excludes halogenated alkanes) is 25. The van der Waals surface area contributed by atoms with Crippen molar-refractivity contribution >= 4 is 13.7 Å². The molecule has 0 bridgehead atoms. The molecule has 0 rings (SSSR count). The van der Waals surface area contributed by atoms with E-state index >= 15 is 0 Å². The lowest BCUT2D eigenvalue weighted by atomic mass is 10.0. The largest absolute Gasteiger partial charge is 0.756 e. The van der Waals surface area contributed by atoms with Crippen LogP contribution in [0.1, 0.15) is 200 Å². The van der Waals surface area contributed by atoms with Crippen LogP contribution in [0.4, 0.5) is 0 Å². The molecule has 0 aliphatic rings. The number of rotatable bonds is 40.